The molecule has 1 N–H and O–H groups in total. The van der Waals surface area contributed by atoms with Crippen molar-refractivity contribution >= 4 is 16.1 Å². The van der Waals surface area contributed by atoms with Gasteiger partial charge in [0.25, 0.3) is 16.1 Å². The monoisotopic (exact) mass is 368 g/mol. The zero-order valence-electron chi connectivity index (χ0n) is 13.3. The third-order valence-corrected chi connectivity index (χ3v) is 6.62. The van der Waals surface area contributed by atoms with Crippen LogP contribution in [0.3, 0.4) is 0 Å². The van der Waals surface area contributed by atoms with E-state index < -0.39 is 35.1 Å². The van der Waals surface area contributed by atoms with Gasteiger partial charge in [-0.2, -0.15) is 17.0 Å². The molecule has 1 amide bonds. The Morgan fingerprint density at radius 1 is 1.04 bits per heavy atom. The summed E-state index contributed by atoms with van der Waals surface area (Å²) in [5, 5.41) is 2.54. The van der Waals surface area contributed by atoms with E-state index in [2.05, 4.69) is 5.32 Å². The van der Waals surface area contributed by atoms with Gasteiger partial charge < -0.3 is 9.64 Å². The number of carbonyl (C=O) groups excluding carboxylic acids is 1. The van der Waals surface area contributed by atoms with Crippen LogP contribution in [-0.4, -0.2) is 98.8 Å². The lowest BCUT2D eigenvalue weighted by Crippen LogP contribution is -2.57. The topological polar surface area (TPSA) is 82.2 Å². The maximum atomic E-state index is 13.2. The van der Waals surface area contributed by atoms with Crippen LogP contribution in [0.1, 0.15) is 6.42 Å². The summed E-state index contributed by atoms with van der Waals surface area (Å²) in [5.41, 5.74) is 0. The molecule has 0 bridgehead atoms. The van der Waals surface area contributed by atoms with Gasteiger partial charge in [-0.1, -0.05) is 0 Å². The van der Waals surface area contributed by atoms with Gasteiger partial charge in [-0.15, -0.1) is 0 Å². The zero-order chi connectivity index (χ0) is 17.4. The summed E-state index contributed by atoms with van der Waals surface area (Å²) in [6.07, 6.45) is -0.502. The molecule has 0 spiro atoms. The van der Waals surface area contributed by atoms with Gasteiger partial charge in [0.1, 0.15) is 0 Å². The van der Waals surface area contributed by atoms with Gasteiger partial charge in [-0.3, -0.25) is 10.1 Å². The number of alkyl halides is 2. The largest absolute Gasteiger partial charge is 0.379 e. The number of nitrogens with one attached hydrogen (secondary N) is 1. The average Bonchev–Trinajstić information content (AvgIpc) is 2.95. The van der Waals surface area contributed by atoms with Crippen molar-refractivity contribution in [3.8, 4) is 0 Å². The summed E-state index contributed by atoms with van der Waals surface area (Å²) in [4.78, 5) is 13.7. The third kappa shape index (κ3) is 3.69. The quantitative estimate of drug-likeness (QED) is 0.670. The summed E-state index contributed by atoms with van der Waals surface area (Å²) in [6.45, 7) is 1.68. The number of carbonyl (C=O) groups is 1. The number of amides is 1. The molecule has 1 unspecified atom stereocenters. The lowest BCUT2D eigenvalue weighted by molar-refractivity contribution is -0.134. The summed E-state index contributed by atoms with van der Waals surface area (Å²) < 4.78 is 59.4. The van der Waals surface area contributed by atoms with E-state index in [9.17, 15) is 22.0 Å². The maximum Gasteiger partial charge on any atom is 0.282 e. The van der Waals surface area contributed by atoms with E-state index in [1.165, 1.54) is 13.5 Å². The van der Waals surface area contributed by atoms with Crippen LogP contribution >= 0.6 is 0 Å². The lowest BCUT2D eigenvalue weighted by atomic mass is 10.1. The summed E-state index contributed by atoms with van der Waals surface area (Å²) in [6, 6.07) is -0.887. The first kappa shape index (κ1) is 17.9. The number of piperazine rings is 1. The Hall–Kier alpha value is -0.880. The number of ether oxygens (including phenoxy) is 1. The molecule has 11 heteroatoms. The van der Waals surface area contributed by atoms with Crippen molar-refractivity contribution in [1.82, 2.24) is 18.8 Å². The minimum Gasteiger partial charge on any atom is -0.379 e. The molecule has 3 fully saturated rings. The Morgan fingerprint density at radius 3 is 2.17 bits per heavy atom. The highest BCUT2D eigenvalue weighted by Crippen LogP contribution is 2.26. The molecule has 3 heterocycles. The van der Waals surface area contributed by atoms with Crippen molar-refractivity contribution in [2.45, 2.75) is 18.4 Å². The summed E-state index contributed by atoms with van der Waals surface area (Å²) in [5.74, 6) is -3.24. The van der Waals surface area contributed by atoms with Crippen LogP contribution in [0.4, 0.5) is 8.78 Å². The first-order valence-electron chi connectivity index (χ1n) is 8.03. The van der Waals surface area contributed by atoms with Crippen LogP contribution in [0, 0.1) is 0 Å². The van der Waals surface area contributed by atoms with Crippen molar-refractivity contribution in [2.24, 2.45) is 0 Å². The predicted molar refractivity (Wildman–Crippen MR) is 80.8 cm³/mol. The second kappa shape index (κ2) is 6.79. The Balaban J connectivity index is 1.55. The SMILES string of the molecule is O=C(C1CC(F)(F)CN1)N1CCN(S(=O)(=O)N2CCOCC2)CC1. The molecule has 8 nitrogen and oxygen atoms in total. The minimum atomic E-state index is -3.56. The first-order chi connectivity index (χ1) is 11.3. The summed E-state index contributed by atoms with van der Waals surface area (Å²) in [7, 11) is -3.56. The molecule has 1 atom stereocenters. The molecular formula is C13H22F2N4O4S. The molecule has 0 aromatic rings. The van der Waals surface area contributed by atoms with Crippen molar-refractivity contribution in [3.63, 3.8) is 0 Å². The zero-order valence-corrected chi connectivity index (χ0v) is 14.1. The van der Waals surface area contributed by atoms with Gasteiger partial charge in [-0.05, 0) is 0 Å². The molecule has 0 aromatic heterocycles. The van der Waals surface area contributed by atoms with Crippen molar-refractivity contribution in [1.29, 1.82) is 0 Å². The number of rotatable bonds is 3. The molecular weight excluding hydrogens is 346 g/mol. The Kier molecular flexibility index (Phi) is 5.07. The molecule has 0 aliphatic carbocycles. The van der Waals surface area contributed by atoms with Crippen molar-refractivity contribution in [2.75, 3.05) is 59.0 Å². The molecule has 3 rings (SSSR count). The fourth-order valence-corrected chi connectivity index (χ4v) is 4.75. The Morgan fingerprint density at radius 2 is 1.62 bits per heavy atom. The van der Waals surface area contributed by atoms with E-state index in [1.807, 2.05) is 0 Å². The van der Waals surface area contributed by atoms with Gasteiger partial charge in [0.2, 0.25) is 5.91 Å². The molecule has 24 heavy (non-hydrogen) atoms. The maximum absolute atomic E-state index is 13.2. The lowest BCUT2D eigenvalue weighted by Gasteiger charge is -2.38. The second-order valence-electron chi connectivity index (χ2n) is 6.24. The Labute approximate surface area is 139 Å². The van der Waals surface area contributed by atoms with E-state index in [1.54, 1.807) is 0 Å². The number of halogens is 2. The highest BCUT2D eigenvalue weighted by molar-refractivity contribution is 7.86. The highest BCUT2D eigenvalue weighted by Gasteiger charge is 2.44. The molecule has 3 aliphatic rings. The van der Waals surface area contributed by atoms with E-state index >= 15 is 0 Å². The van der Waals surface area contributed by atoms with E-state index in [-0.39, 0.29) is 32.1 Å². The van der Waals surface area contributed by atoms with Crippen LogP contribution in [0.25, 0.3) is 0 Å². The van der Waals surface area contributed by atoms with E-state index in [4.69, 9.17) is 4.74 Å². The predicted octanol–water partition coefficient (Wildman–Crippen LogP) is -1.30. The fourth-order valence-electron chi connectivity index (χ4n) is 3.19. The standard InChI is InChI=1S/C13H22F2N4O4S/c14-13(15)9-11(16-10-13)12(20)17-1-3-18(4-2-17)24(21,22)19-5-7-23-8-6-19/h11,16H,1-10H2. The minimum absolute atomic E-state index is 0.175. The molecule has 0 radical (unpaired) electrons. The van der Waals surface area contributed by atoms with Crippen LogP contribution in [0.2, 0.25) is 0 Å². The van der Waals surface area contributed by atoms with Gasteiger partial charge in [0.05, 0.1) is 25.8 Å². The van der Waals surface area contributed by atoms with Gasteiger partial charge in [-0.25, -0.2) is 8.78 Å². The van der Waals surface area contributed by atoms with Crippen LogP contribution in [0.15, 0.2) is 0 Å². The molecule has 138 valence electrons. The van der Waals surface area contributed by atoms with Crippen LogP contribution in [-0.2, 0) is 19.7 Å². The number of hydrogen-bond donors (Lipinski definition) is 1. The van der Waals surface area contributed by atoms with Crippen LogP contribution < -0.4 is 5.32 Å². The molecule has 0 saturated carbocycles. The van der Waals surface area contributed by atoms with Gasteiger partial charge in [0.15, 0.2) is 0 Å². The highest BCUT2D eigenvalue weighted by atomic mass is 32.2. The number of hydrogen-bond acceptors (Lipinski definition) is 5. The third-order valence-electron chi connectivity index (χ3n) is 4.58. The molecule has 0 aromatic carbocycles. The average molecular weight is 368 g/mol. The van der Waals surface area contributed by atoms with E-state index in [0.717, 1.165) is 0 Å². The first-order valence-corrected chi connectivity index (χ1v) is 9.42. The second-order valence-corrected chi connectivity index (χ2v) is 8.17. The number of morpholine rings is 1. The molecule has 3 saturated heterocycles. The van der Waals surface area contributed by atoms with Gasteiger partial charge >= 0.3 is 0 Å². The van der Waals surface area contributed by atoms with Crippen molar-refractivity contribution < 1.29 is 26.7 Å². The van der Waals surface area contributed by atoms with E-state index in [0.29, 0.717) is 26.3 Å². The summed E-state index contributed by atoms with van der Waals surface area (Å²) >= 11 is 0. The van der Waals surface area contributed by atoms with Gasteiger partial charge in [0, 0.05) is 45.7 Å². The normalized spacial score (nSPS) is 29.8. The molecule has 3 aliphatic heterocycles. The Bertz CT molecular complexity index is 575. The fraction of sp³-hybridized carbons (Fsp3) is 0.923. The smallest absolute Gasteiger partial charge is 0.282 e. The van der Waals surface area contributed by atoms with Crippen molar-refractivity contribution in [3.05, 3.63) is 0 Å². The van der Waals surface area contributed by atoms with Crippen LogP contribution in [0.5, 0.6) is 0 Å². The number of nitrogens with zero attached hydrogens (tertiary/aromatic N) is 3.